The van der Waals surface area contributed by atoms with E-state index < -0.39 is 0 Å². The zero-order valence-corrected chi connectivity index (χ0v) is 8.08. The molecule has 0 bridgehead atoms. The number of likely N-dealkylation sites (tertiary alicyclic amines) is 1. The number of esters is 1. The van der Waals surface area contributed by atoms with Crippen LogP contribution in [0.1, 0.15) is 19.8 Å². The molecule has 0 radical (unpaired) electrons. The highest BCUT2D eigenvalue weighted by Crippen LogP contribution is 2.17. The van der Waals surface area contributed by atoms with Crippen molar-refractivity contribution >= 4 is 11.9 Å². The zero-order valence-electron chi connectivity index (χ0n) is 8.08. The lowest BCUT2D eigenvalue weighted by Gasteiger charge is -2.27. The van der Waals surface area contributed by atoms with Crippen molar-refractivity contribution in [2.45, 2.75) is 19.8 Å². The van der Waals surface area contributed by atoms with E-state index in [4.69, 9.17) is 4.74 Å². The second-order valence-corrected chi connectivity index (χ2v) is 3.26. The molecule has 1 amide bonds. The largest absolute Gasteiger partial charge is 0.466 e. The molecule has 13 heavy (non-hydrogen) atoms. The summed E-state index contributed by atoms with van der Waals surface area (Å²) in [5, 5.41) is 0. The normalized spacial score (nSPS) is 23.1. The fourth-order valence-corrected chi connectivity index (χ4v) is 1.46. The van der Waals surface area contributed by atoms with E-state index in [0.29, 0.717) is 26.0 Å². The molecule has 0 spiro atoms. The maximum absolute atomic E-state index is 11.3. The predicted octanol–water partition coefficient (Wildman–Crippen LogP) is 0.418. The van der Waals surface area contributed by atoms with E-state index in [2.05, 4.69) is 0 Å². The van der Waals surface area contributed by atoms with Crippen molar-refractivity contribution in [2.24, 2.45) is 5.92 Å². The maximum Gasteiger partial charge on any atom is 0.310 e. The third-order valence-electron chi connectivity index (χ3n) is 2.25. The Morgan fingerprint density at radius 3 is 2.92 bits per heavy atom. The summed E-state index contributed by atoms with van der Waals surface area (Å²) in [6, 6.07) is 0. The molecule has 1 aliphatic heterocycles. The molecule has 0 unspecified atom stereocenters. The van der Waals surface area contributed by atoms with Crippen molar-refractivity contribution in [1.82, 2.24) is 4.90 Å². The van der Waals surface area contributed by atoms with Gasteiger partial charge < -0.3 is 9.64 Å². The molecule has 1 aliphatic rings. The van der Waals surface area contributed by atoms with Crippen molar-refractivity contribution in [2.75, 3.05) is 20.2 Å². The molecule has 4 nitrogen and oxygen atoms in total. The van der Waals surface area contributed by atoms with E-state index >= 15 is 0 Å². The van der Waals surface area contributed by atoms with Gasteiger partial charge in [-0.05, 0) is 13.3 Å². The standard InChI is InChI=1S/C9H15NO3/c1-3-13-9(12)7-4-5-8(11)10(2)6-7/h7H,3-6H2,1-2H3/t7-/m1/s1. The summed E-state index contributed by atoms with van der Waals surface area (Å²) >= 11 is 0. The van der Waals surface area contributed by atoms with Gasteiger partial charge in [0.05, 0.1) is 12.5 Å². The second kappa shape index (κ2) is 4.25. The summed E-state index contributed by atoms with van der Waals surface area (Å²) in [5.74, 6) is -0.190. The first-order chi connectivity index (χ1) is 6.15. The molecule has 0 saturated carbocycles. The summed E-state index contributed by atoms with van der Waals surface area (Å²) < 4.78 is 4.89. The van der Waals surface area contributed by atoms with Crippen LogP contribution in [0, 0.1) is 5.92 Å². The minimum Gasteiger partial charge on any atom is -0.466 e. The molecule has 74 valence electrons. The SMILES string of the molecule is CCOC(=O)[C@@H]1CCC(=O)N(C)C1. The van der Waals surface area contributed by atoms with Gasteiger partial charge in [-0.2, -0.15) is 0 Å². The van der Waals surface area contributed by atoms with Crippen LogP contribution < -0.4 is 0 Å². The number of nitrogens with zero attached hydrogens (tertiary/aromatic N) is 1. The van der Waals surface area contributed by atoms with Crippen LogP contribution in [0.15, 0.2) is 0 Å². The van der Waals surface area contributed by atoms with Crippen molar-refractivity contribution in [1.29, 1.82) is 0 Å². The van der Waals surface area contributed by atoms with Gasteiger partial charge in [-0.1, -0.05) is 0 Å². The fraction of sp³-hybridized carbons (Fsp3) is 0.778. The summed E-state index contributed by atoms with van der Waals surface area (Å²) in [7, 11) is 1.72. The Morgan fingerprint density at radius 1 is 1.69 bits per heavy atom. The van der Waals surface area contributed by atoms with Crippen molar-refractivity contribution in [3.8, 4) is 0 Å². The van der Waals surface area contributed by atoms with Crippen LogP contribution >= 0.6 is 0 Å². The monoisotopic (exact) mass is 185 g/mol. The van der Waals surface area contributed by atoms with Gasteiger partial charge in [-0.3, -0.25) is 9.59 Å². The average molecular weight is 185 g/mol. The highest BCUT2D eigenvalue weighted by molar-refractivity contribution is 5.80. The fourth-order valence-electron chi connectivity index (χ4n) is 1.46. The first-order valence-electron chi connectivity index (χ1n) is 4.55. The Balaban J connectivity index is 2.45. The second-order valence-electron chi connectivity index (χ2n) is 3.26. The Morgan fingerprint density at radius 2 is 2.38 bits per heavy atom. The van der Waals surface area contributed by atoms with Gasteiger partial charge in [0.25, 0.3) is 0 Å². The van der Waals surface area contributed by atoms with Crippen molar-refractivity contribution in [3.05, 3.63) is 0 Å². The Kier molecular flexibility index (Phi) is 3.28. The maximum atomic E-state index is 11.3. The van der Waals surface area contributed by atoms with Gasteiger partial charge >= 0.3 is 5.97 Å². The van der Waals surface area contributed by atoms with Gasteiger partial charge in [-0.15, -0.1) is 0 Å². The van der Waals surface area contributed by atoms with Crippen molar-refractivity contribution in [3.63, 3.8) is 0 Å². The van der Waals surface area contributed by atoms with Gasteiger partial charge in [-0.25, -0.2) is 0 Å². The molecule has 1 heterocycles. The quantitative estimate of drug-likeness (QED) is 0.586. The van der Waals surface area contributed by atoms with Gasteiger partial charge in [0.1, 0.15) is 0 Å². The topological polar surface area (TPSA) is 46.6 Å². The molecule has 1 saturated heterocycles. The number of hydrogen-bond acceptors (Lipinski definition) is 3. The lowest BCUT2D eigenvalue weighted by Crippen LogP contribution is -2.40. The minimum atomic E-state index is -0.179. The highest BCUT2D eigenvalue weighted by Gasteiger charge is 2.28. The molecule has 1 atom stereocenters. The minimum absolute atomic E-state index is 0.112. The van der Waals surface area contributed by atoms with E-state index in [1.807, 2.05) is 0 Å². The number of piperidine rings is 1. The number of carbonyl (C=O) groups excluding carboxylic acids is 2. The molecule has 0 aromatic rings. The first kappa shape index (κ1) is 10.0. The van der Waals surface area contributed by atoms with E-state index in [1.54, 1.807) is 18.9 Å². The molecule has 1 rings (SSSR count). The van der Waals surface area contributed by atoms with Crippen LogP contribution in [0.2, 0.25) is 0 Å². The molecule has 0 aromatic carbocycles. The Labute approximate surface area is 77.8 Å². The molecule has 0 aliphatic carbocycles. The number of rotatable bonds is 2. The first-order valence-corrected chi connectivity index (χ1v) is 4.55. The van der Waals surface area contributed by atoms with E-state index in [1.165, 1.54) is 0 Å². The predicted molar refractivity (Wildman–Crippen MR) is 47.0 cm³/mol. The van der Waals surface area contributed by atoms with Crippen molar-refractivity contribution < 1.29 is 14.3 Å². The van der Waals surface area contributed by atoms with Gasteiger partial charge in [0.15, 0.2) is 0 Å². The van der Waals surface area contributed by atoms with E-state index in [0.717, 1.165) is 0 Å². The van der Waals surface area contributed by atoms with Crippen LogP contribution in [-0.4, -0.2) is 37.0 Å². The Bertz CT molecular complexity index is 215. The lowest BCUT2D eigenvalue weighted by molar-refractivity contribution is -0.151. The summed E-state index contributed by atoms with van der Waals surface area (Å²) in [4.78, 5) is 24.0. The number of ether oxygens (including phenoxy) is 1. The number of carbonyl (C=O) groups is 2. The summed E-state index contributed by atoms with van der Waals surface area (Å²) in [5.41, 5.74) is 0. The van der Waals surface area contributed by atoms with Crippen LogP contribution in [0.5, 0.6) is 0 Å². The summed E-state index contributed by atoms with van der Waals surface area (Å²) in [6.45, 7) is 2.69. The van der Waals surface area contributed by atoms with Gasteiger partial charge in [0, 0.05) is 20.0 Å². The van der Waals surface area contributed by atoms with Crippen LogP contribution in [0.4, 0.5) is 0 Å². The smallest absolute Gasteiger partial charge is 0.310 e. The van der Waals surface area contributed by atoms with Crippen LogP contribution in [-0.2, 0) is 14.3 Å². The molecule has 0 N–H and O–H groups in total. The third kappa shape index (κ3) is 2.44. The molecule has 4 heteroatoms. The average Bonchev–Trinajstić information content (AvgIpc) is 2.10. The number of hydrogen-bond donors (Lipinski definition) is 0. The lowest BCUT2D eigenvalue weighted by atomic mass is 9.98. The molecule has 0 aromatic heterocycles. The van der Waals surface area contributed by atoms with Crippen LogP contribution in [0.25, 0.3) is 0 Å². The highest BCUT2D eigenvalue weighted by atomic mass is 16.5. The van der Waals surface area contributed by atoms with E-state index in [9.17, 15) is 9.59 Å². The van der Waals surface area contributed by atoms with Gasteiger partial charge in [0.2, 0.25) is 5.91 Å². The molecular weight excluding hydrogens is 170 g/mol. The molecule has 1 fully saturated rings. The molecular formula is C9H15NO3. The third-order valence-corrected chi connectivity index (χ3v) is 2.25. The zero-order chi connectivity index (χ0) is 9.84. The van der Waals surface area contributed by atoms with Crippen LogP contribution in [0.3, 0.4) is 0 Å². The number of amides is 1. The Hall–Kier alpha value is -1.06. The van der Waals surface area contributed by atoms with E-state index in [-0.39, 0.29) is 17.8 Å². The summed E-state index contributed by atoms with van der Waals surface area (Å²) in [6.07, 6.45) is 1.09.